The molecule has 0 saturated carbocycles. The lowest BCUT2D eigenvalue weighted by Crippen LogP contribution is -1.89. The number of hydrogen-bond donors (Lipinski definition) is 1. The first kappa shape index (κ1) is 11.7. The van der Waals surface area contributed by atoms with Gasteiger partial charge in [-0.3, -0.25) is 0 Å². The second-order valence-corrected chi connectivity index (χ2v) is 3.91. The van der Waals surface area contributed by atoms with Gasteiger partial charge >= 0.3 is 8.25 Å². The normalized spacial score (nSPS) is 11.0. The minimum atomic E-state index is -2.66. The SMILES string of the molecule is Cc1cc(C)c(OI)c(O[P+](=O)O)c1. The highest BCUT2D eigenvalue weighted by Gasteiger charge is 2.20. The van der Waals surface area contributed by atoms with Gasteiger partial charge in [0.1, 0.15) is 0 Å². The van der Waals surface area contributed by atoms with E-state index in [2.05, 4.69) is 0 Å². The molecule has 0 amide bonds. The third-order valence-corrected chi connectivity index (χ3v) is 2.43. The zero-order chi connectivity index (χ0) is 10.7. The Morgan fingerprint density at radius 3 is 2.57 bits per heavy atom. The zero-order valence-electron chi connectivity index (χ0n) is 7.65. The molecule has 4 nitrogen and oxygen atoms in total. The predicted molar refractivity (Wildman–Crippen MR) is 61.0 cm³/mol. The number of benzene rings is 1. The standard InChI is InChI=1S/C8H8IO4P/c1-5-3-6(2)8(12-9)7(4-5)13-14(10)11/h3-4H,1-2H3/p+1. The van der Waals surface area contributed by atoms with Crippen LogP contribution in [0.4, 0.5) is 0 Å². The monoisotopic (exact) mass is 327 g/mol. The van der Waals surface area contributed by atoms with Gasteiger partial charge < -0.3 is 3.07 Å². The average molecular weight is 327 g/mol. The summed E-state index contributed by atoms with van der Waals surface area (Å²) in [5.74, 6) is 0.772. The lowest BCUT2D eigenvalue weighted by Gasteiger charge is -2.05. The molecule has 0 aliphatic heterocycles. The van der Waals surface area contributed by atoms with Crippen LogP contribution < -0.4 is 7.59 Å². The Bertz CT molecular complexity index is 367. The summed E-state index contributed by atoms with van der Waals surface area (Å²) in [6, 6.07) is 3.57. The first-order valence-corrected chi connectivity index (χ1v) is 5.79. The highest BCUT2D eigenvalue weighted by Crippen LogP contribution is 2.37. The van der Waals surface area contributed by atoms with E-state index in [1.807, 2.05) is 19.9 Å². The zero-order valence-corrected chi connectivity index (χ0v) is 10.7. The third-order valence-electron chi connectivity index (χ3n) is 1.64. The van der Waals surface area contributed by atoms with Crippen molar-refractivity contribution in [1.29, 1.82) is 0 Å². The van der Waals surface area contributed by atoms with Crippen LogP contribution in [0.5, 0.6) is 11.5 Å². The molecule has 0 bridgehead atoms. The van der Waals surface area contributed by atoms with Gasteiger partial charge in [0.2, 0.25) is 5.75 Å². The number of hydrogen-bond acceptors (Lipinski definition) is 3. The number of rotatable bonds is 3. The van der Waals surface area contributed by atoms with Crippen molar-refractivity contribution in [2.45, 2.75) is 13.8 Å². The molecule has 14 heavy (non-hydrogen) atoms. The van der Waals surface area contributed by atoms with Gasteiger partial charge in [0.15, 0.2) is 28.8 Å². The molecule has 6 heteroatoms. The summed E-state index contributed by atoms with van der Waals surface area (Å²) in [6.45, 7) is 3.72. The van der Waals surface area contributed by atoms with Gasteiger partial charge in [-0.1, -0.05) is 6.07 Å². The van der Waals surface area contributed by atoms with Crippen LogP contribution in [-0.2, 0) is 4.57 Å². The topological polar surface area (TPSA) is 55.8 Å². The average Bonchev–Trinajstić information content (AvgIpc) is 2.01. The van der Waals surface area contributed by atoms with Gasteiger partial charge in [-0.05, 0) is 31.0 Å². The Balaban J connectivity index is 3.17. The predicted octanol–water partition coefficient (Wildman–Crippen LogP) is 3.06. The quantitative estimate of drug-likeness (QED) is 0.685. The number of halogens is 1. The van der Waals surface area contributed by atoms with Gasteiger partial charge in [0.05, 0.1) is 0 Å². The van der Waals surface area contributed by atoms with E-state index in [1.165, 1.54) is 0 Å². The summed E-state index contributed by atoms with van der Waals surface area (Å²) >= 11 is 1.71. The van der Waals surface area contributed by atoms with Crippen LogP contribution in [0.25, 0.3) is 0 Å². The smallest absolute Gasteiger partial charge is 0.423 e. The maximum Gasteiger partial charge on any atom is 0.747 e. The van der Waals surface area contributed by atoms with Crippen LogP contribution in [0.15, 0.2) is 12.1 Å². The molecule has 1 aromatic carbocycles. The summed E-state index contributed by atoms with van der Waals surface area (Å²) in [5, 5.41) is 0. The van der Waals surface area contributed by atoms with E-state index in [-0.39, 0.29) is 0 Å². The molecule has 1 aromatic rings. The fourth-order valence-electron chi connectivity index (χ4n) is 1.17. The second-order valence-electron chi connectivity index (χ2n) is 2.82. The van der Waals surface area contributed by atoms with Crippen molar-refractivity contribution in [3.05, 3.63) is 23.3 Å². The lowest BCUT2D eigenvalue weighted by atomic mass is 10.1. The highest BCUT2D eigenvalue weighted by molar-refractivity contribution is 14.1. The molecule has 1 N–H and O–H groups in total. The molecule has 0 spiro atoms. The molecule has 0 aliphatic rings. The molecule has 0 heterocycles. The maximum atomic E-state index is 10.5. The molecule has 0 saturated heterocycles. The Morgan fingerprint density at radius 2 is 2.07 bits per heavy atom. The van der Waals surface area contributed by atoms with E-state index in [9.17, 15) is 4.57 Å². The van der Waals surface area contributed by atoms with Crippen molar-refractivity contribution in [2.24, 2.45) is 0 Å². The van der Waals surface area contributed by atoms with Crippen molar-refractivity contribution in [3.63, 3.8) is 0 Å². The molecule has 0 aliphatic carbocycles. The van der Waals surface area contributed by atoms with E-state index >= 15 is 0 Å². The summed E-state index contributed by atoms with van der Waals surface area (Å²) in [6.07, 6.45) is 0. The Hall–Kier alpha value is -0.390. The van der Waals surface area contributed by atoms with E-state index < -0.39 is 8.25 Å². The molecule has 1 unspecified atom stereocenters. The molecule has 76 valence electrons. The van der Waals surface area contributed by atoms with E-state index in [0.717, 1.165) is 11.1 Å². The Labute approximate surface area is 96.9 Å². The minimum Gasteiger partial charge on any atom is -0.423 e. The molecule has 1 rings (SSSR count). The molecular formula is C8H9IO4P+. The first-order chi connectivity index (χ1) is 6.54. The van der Waals surface area contributed by atoms with Crippen molar-refractivity contribution in [1.82, 2.24) is 0 Å². The highest BCUT2D eigenvalue weighted by atomic mass is 127. The van der Waals surface area contributed by atoms with Crippen molar-refractivity contribution < 1.29 is 17.0 Å². The molecule has 1 atom stereocenters. The Kier molecular flexibility index (Phi) is 4.10. The van der Waals surface area contributed by atoms with Crippen LogP contribution in [0.3, 0.4) is 0 Å². The maximum absolute atomic E-state index is 10.5. The summed E-state index contributed by atoms with van der Waals surface area (Å²) in [7, 11) is -2.66. The van der Waals surface area contributed by atoms with Crippen molar-refractivity contribution in [2.75, 3.05) is 0 Å². The summed E-state index contributed by atoms with van der Waals surface area (Å²) < 4.78 is 20.3. The van der Waals surface area contributed by atoms with Crippen LogP contribution in [0, 0.1) is 13.8 Å². The minimum absolute atomic E-state index is 0.292. The van der Waals surface area contributed by atoms with Crippen LogP contribution in [-0.4, -0.2) is 4.89 Å². The fourth-order valence-corrected chi connectivity index (χ4v) is 2.03. The largest absolute Gasteiger partial charge is 0.747 e. The number of aryl methyl sites for hydroxylation is 2. The van der Waals surface area contributed by atoms with Gasteiger partial charge in [-0.2, -0.15) is 0 Å². The van der Waals surface area contributed by atoms with Crippen molar-refractivity contribution in [3.8, 4) is 11.5 Å². The molecule has 0 radical (unpaired) electrons. The van der Waals surface area contributed by atoms with E-state index in [1.54, 1.807) is 29.1 Å². The van der Waals surface area contributed by atoms with E-state index in [0.29, 0.717) is 11.5 Å². The van der Waals surface area contributed by atoms with Crippen LogP contribution >= 0.6 is 31.3 Å². The van der Waals surface area contributed by atoms with Crippen molar-refractivity contribution >= 4 is 31.3 Å². The molecular weight excluding hydrogens is 318 g/mol. The third kappa shape index (κ3) is 2.80. The summed E-state index contributed by atoms with van der Waals surface area (Å²) in [4.78, 5) is 8.64. The van der Waals surface area contributed by atoms with Gasteiger partial charge in [-0.25, -0.2) is 4.52 Å². The van der Waals surface area contributed by atoms with Gasteiger partial charge in [0.25, 0.3) is 0 Å². The summed E-state index contributed by atoms with van der Waals surface area (Å²) in [5.41, 5.74) is 1.82. The molecule has 0 fully saturated rings. The fraction of sp³-hybridized carbons (Fsp3) is 0.250. The first-order valence-electron chi connectivity index (χ1n) is 3.78. The van der Waals surface area contributed by atoms with Gasteiger partial charge in [-0.15, -0.1) is 4.89 Å². The van der Waals surface area contributed by atoms with Crippen LogP contribution in [0.2, 0.25) is 0 Å². The van der Waals surface area contributed by atoms with Gasteiger partial charge in [0, 0.05) is 4.57 Å². The Morgan fingerprint density at radius 1 is 1.43 bits per heavy atom. The second kappa shape index (κ2) is 4.91. The van der Waals surface area contributed by atoms with E-state index in [4.69, 9.17) is 12.5 Å². The molecule has 0 aromatic heterocycles. The van der Waals surface area contributed by atoms with Crippen LogP contribution in [0.1, 0.15) is 11.1 Å². The lowest BCUT2D eigenvalue weighted by molar-refractivity contribution is 0.405.